The fourth-order valence-corrected chi connectivity index (χ4v) is 25.7. The van der Waals surface area contributed by atoms with E-state index in [1.807, 2.05) is 0 Å². The molecule has 3 fully saturated rings. The van der Waals surface area contributed by atoms with Crippen LogP contribution in [0.2, 0.25) is 0 Å². The molecule has 145 heavy (non-hydrogen) atoms. The molecule has 6 atom stereocenters. The molecular formula is C91H100N18O30S6. The quantitative estimate of drug-likeness (QED) is 0.0103. The Morgan fingerprint density at radius 2 is 0.676 bits per heavy atom. The monoisotopic (exact) mass is 2120 g/mol. The number of hydrogen-bond donors (Lipinski definition) is 6. The number of imidazole rings is 3. The molecule has 3 aliphatic heterocycles. The molecule has 3 saturated heterocycles. The summed E-state index contributed by atoms with van der Waals surface area (Å²) in [4.78, 5) is 191. The Balaban J connectivity index is 0.559. The molecule has 9 aromatic heterocycles. The number of nitrogens with one attached hydrogen (secondary N) is 3. The molecule has 0 radical (unpaired) electrons. The van der Waals surface area contributed by atoms with Gasteiger partial charge in [-0.25, -0.2) is 87.6 Å². The van der Waals surface area contributed by atoms with Crippen molar-refractivity contribution in [2.24, 2.45) is 0 Å². The van der Waals surface area contributed by atoms with Gasteiger partial charge in [0.2, 0.25) is 47.8 Å². The van der Waals surface area contributed by atoms with Gasteiger partial charge in [-0.15, -0.1) is 49.5 Å². The molecule has 6 N–H and O–H groups in total. The summed E-state index contributed by atoms with van der Waals surface area (Å²) in [7, 11) is -12.7. The highest BCUT2D eigenvalue weighted by atomic mass is 32.2. The lowest BCUT2D eigenvalue weighted by molar-refractivity contribution is -0.445. The first-order chi connectivity index (χ1) is 69.6. The lowest BCUT2D eigenvalue weighted by Crippen LogP contribution is -2.56. The number of carbonyl (C=O) groups excluding carboxylic acids is 6. The standard InChI is InChI=1S/C91H100N18O30S6/c1-89(2)73(101(55-140-89)143(122,123)64-15-9-33-92-52-64)79(110)98-67(82(113)136-119)49-58-21-27-61(28-22-58)104-76-70(18-12-36-95-76)107(85(104)116)132-39-7-8-40-135-139-88(130-45-41-128-43-47-133-108-71-19-13-37-96-77(71)105(86(108)117)62-29-23-59(24-30-62)50-68(83(114)137-120)99-80(111)74-90(3,4)141-56-102(74)144(124,125)65-16-10-34-93-53-65)131-46-42-129-44-48-134-109-72-20-14-38-97-78(72)106(87(109)118)63-31-25-60(26-32-63)51-69(84(115)138-121)100-81(112)75-91(5,6)142-57-103(75)145(126,127)66-17-11-35-94-54-66/h9-38,52-54,67-69,73-75,88,119-121H,7-8,39-51,55-57H2,1-6H3,(H,98,110)(H,99,111)(H,100,112)/t67-,68-,69-,73+,74+,75+/m0/s1. The molecule has 15 rings (SSSR count). The summed E-state index contributed by atoms with van der Waals surface area (Å²) in [6.45, 7) is 7.48. The molecule has 12 heterocycles. The van der Waals surface area contributed by atoms with Gasteiger partial charge in [-0.1, -0.05) is 36.4 Å². The summed E-state index contributed by atoms with van der Waals surface area (Å²) < 4.78 is 114. The molecule has 3 amide bonds. The number of rotatable bonds is 48. The first-order valence-electron chi connectivity index (χ1n) is 44.8. The summed E-state index contributed by atoms with van der Waals surface area (Å²) in [6.07, 6.45) is 12.0. The van der Waals surface area contributed by atoms with Crippen molar-refractivity contribution >= 4 is 134 Å². The van der Waals surface area contributed by atoms with Crippen LogP contribution in [-0.2, 0) is 121 Å². The first-order valence-corrected chi connectivity index (χ1v) is 52.1. The van der Waals surface area contributed by atoms with Crippen LogP contribution in [0, 0.1) is 0 Å². The second-order valence-electron chi connectivity index (χ2n) is 34.3. The summed E-state index contributed by atoms with van der Waals surface area (Å²) in [6, 6.07) is 28.4. The van der Waals surface area contributed by atoms with Crippen LogP contribution < -0.4 is 47.5 Å². The minimum Gasteiger partial charge on any atom is -0.409 e. The molecule has 12 aromatic rings. The molecule has 0 aliphatic carbocycles. The van der Waals surface area contributed by atoms with E-state index < -0.39 is 140 Å². The summed E-state index contributed by atoms with van der Waals surface area (Å²) in [5.41, 5.74) is 1.73. The van der Waals surface area contributed by atoms with Crippen LogP contribution in [0.25, 0.3) is 50.6 Å². The first kappa shape index (κ1) is 106. The van der Waals surface area contributed by atoms with Crippen LogP contribution in [0.15, 0.2) is 230 Å². The maximum Gasteiger partial charge on any atom is 0.368 e. The third-order valence-electron chi connectivity index (χ3n) is 23.5. The normalized spacial score (nSPS) is 17.1. The predicted molar refractivity (Wildman–Crippen MR) is 518 cm³/mol. The van der Waals surface area contributed by atoms with Crippen LogP contribution in [-0.4, -0.2) is 288 Å². The van der Waals surface area contributed by atoms with E-state index in [0.717, 1.165) is 39.5 Å². The average molecular weight is 2120 g/mol. The van der Waals surface area contributed by atoms with Crippen molar-refractivity contribution in [3.8, 4) is 17.1 Å². The molecule has 0 unspecified atom stereocenters. The Labute approximate surface area is 839 Å². The molecule has 48 nitrogen and oxygen atoms in total. The fourth-order valence-electron chi connectivity index (χ4n) is 16.3. The van der Waals surface area contributed by atoms with Gasteiger partial charge in [0.25, 0.3) is 0 Å². The number of fused-ring (bicyclic) bond motifs is 3. The smallest absolute Gasteiger partial charge is 0.368 e. The lowest BCUT2D eigenvalue weighted by atomic mass is 10.0. The number of thioether (sulfide) groups is 3. The van der Waals surface area contributed by atoms with Gasteiger partial charge in [-0.05, 0) is 180 Å². The number of hydrogen-bond acceptors (Lipinski definition) is 39. The van der Waals surface area contributed by atoms with Gasteiger partial charge >= 0.3 is 41.5 Å². The van der Waals surface area contributed by atoms with E-state index in [0.29, 0.717) is 45.7 Å². The Morgan fingerprint density at radius 1 is 0.386 bits per heavy atom. The molecule has 0 saturated carbocycles. The Kier molecular flexibility index (Phi) is 34.1. The van der Waals surface area contributed by atoms with E-state index in [2.05, 4.69) is 60.5 Å². The van der Waals surface area contributed by atoms with Crippen molar-refractivity contribution in [2.75, 3.05) is 83.7 Å². The van der Waals surface area contributed by atoms with E-state index in [1.54, 1.807) is 151 Å². The van der Waals surface area contributed by atoms with Crippen molar-refractivity contribution < 1.29 is 128 Å². The molecule has 3 aliphatic rings. The van der Waals surface area contributed by atoms with E-state index >= 15 is 0 Å². The molecule has 54 heteroatoms. The van der Waals surface area contributed by atoms with Crippen molar-refractivity contribution in [2.45, 2.75) is 145 Å². The van der Waals surface area contributed by atoms with Crippen molar-refractivity contribution in [1.29, 1.82) is 0 Å². The predicted octanol–water partition coefficient (Wildman–Crippen LogP) is 3.90. The number of pyridine rings is 6. The number of sulfonamides is 3. The number of carbonyl (C=O) groups is 6. The second kappa shape index (κ2) is 46.6. The van der Waals surface area contributed by atoms with E-state index in [-0.39, 0.29) is 152 Å². The summed E-state index contributed by atoms with van der Waals surface area (Å²) >= 11 is 3.65. The number of benzene rings is 3. The highest BCUT2D eigenvalue weighted by molar-refractivity contribution is 8.02. The highest BCUT2D eigenvalue weighted by Crippen LogP contribution is 2.45. The summed E-state index contributed by atoms with van der Waals surface area (Å²) in [5, 5.41) is 36.4. The van der Waals surface area contributed by atoms with Crippen LogP contribution in [0.3, 0.4) is 0 Å². The molecular weight excluding hydrogens is 2020 g/mol. The van der Waals surface area contributed by atoms with Crippen LogP contribution in [0.5, 0.6) is 0 Å². The maximum atomic E-state index is 14.3. The molecule has 770 valence electrons. The van der Waals surface area contributed by atoms with E-state index in [1.165, 1.54) is 129 Å². The van der Waals surface area contributed by atoms with Gasteiger partial charge in [-0.3, -0.25) is 44.0 Å². The van der Waals surface area contributed by atoms with Crippen molar-refractivity contribution in [1.82, 2.24) is 86.7 Å². The summed E-state index contributed by atoms with van der Waals surface area (Å²) in [5.74, 6) is -6.40. The van der Waals surface area contributed by atoms with Gasteiger partial charge in [0.15, 0.2) is 16.9 Å². The molecule has 0 spiro atoms. The van der Waals surface area contributed by atoms with Gasteiger partial charge < -0.3 is 49.4 Å². The van der Waals surface area contributed by atoms with Gasteiger partial charge in [-0.2, -0.15) is 33.6 Å². The van der Waals surface area contributed by atoms with E-state index in [9.17, 15) is 84.2 Å². The number of nitrogens with zero attached hydrogens (tertiary/aromatic N) is 15. The van der Waals surface area contributed by atoms with Gasteiger partial charge in [0, 0.05) is 89.3 Å². The van der Waals surface area contributed by atoms with E-state index in [4.69, 9.17) is 43.2 Å². The largest absolute Gasteiger partial charge is 0.409 e. The number of aromatic nitrogens is 12. The minimum atomic E-state index is -4.24. The van der Waals surface area contributed by atoms with Crippen LogP contribution >= 0.6 is 35.3 Å². The topological polar surface area (TPSA) is 580 Å². The number of amides is 3. The zero-order valence-electron chi connectivity index (χ0n) is 78.3. The zero-order valence-corrected chi connectivity index (χ0v) is 83.2. The second-order valence-corrected chi connectivity index (χ2v) is 44.7. The lowest BCUT2D eigenvalue weighted by Gasteiger charge is -2.31. The van der Waals surface area contributed by atoms with Crippen LogP contribution in [0.1, 0.15) is 71.1 Å². The zero-order chi connectivity index (χ0) is 103. The third kappa shape index (κ3) is 23.9. The van der Waals surface area contributed by atoms with Gasteiger partial charge in [0.1, 0.15) is 87.3 Å². The Bertz CT molecular complexity index is 6520. The number of unbranched alkanes of at least 4 members (excludes halogenated alkanes) is 1. The van der Waals surface area contributed by atoms with Gasteiger partial charge in [0.05, 0.1) is 80.9 Å². The highest BCUT2D eigenvalue weighted by Gasteiger charge is 2.55. The van der Waals surface area contributed by atoms with Crippen molar-refractivity contribution in [3.05, 3.63) is 250 Å². The number of ether oxygens (including phenoxy) is 4. The molecule has 0 bridgehead atoms. The average Bonchev–Trinajstić information content (AvgIpc) is 1.62. The molecule has 3 aromatic carbocycles. The Hall–Kier alpha value is -13.0. The minimum absolute atomic E-state index is 0.0287. The fraction of sp³-hybridized carbons (Fsp3) is 0.374. The maximum absolute atomic E-state index is 14.3. The Morgan fingerprint density at radius 3 is 0.972 bits per heavy atom. The van der Waals surface area contributed by atoms with Crippen molar-refractivity contribution in [3.63, 3.8) is 0 Å². The SMILES string of the molecule is CC1(C)SCN(S(=O)(=O)c2cccnc2)[C@@H]1C(=O)N[C@@H](Cc1ccc(-n2c(=O)n(OCCCCOOC(OCCOCCOn3c(=O)n(-c4ccc(C[C@H](NC(=O)[C@H]5N(S(=O)(=O)c6cccnc6)CSC5(C)C)C(=O)OO)cc4)c4ncccc43)OCCOCCOn3c(=O)n(-c4ccc(C[C@H](NC(=O)[C@H]5N(S(=O)(=O)c6cccnc6)CSC5(C)C)C(=O)OO)cc4)c4ncccc43)c3cccnc32)cc1)C(=O)OO. The third-order valence-corrected chi connectivity index (χ3v) is 33.5. The van der Waals surface area contributed by atoms with Crippen LogP contribution in [0.4, 0.5) is 0 Å².